The molecule has 3 aliphatic rings. The second-order valence-corrected chi connectivity index (χ2v) is 16.2. The first-order valence-electron chi connectivity index (χ1n) is 13.3. The van der Waals surface area contributed by atoms with Gasteiger partial charge in [-0.2, -0.15) is 0 Å². The zero-order valence-corrected chi connectivity index (χ0v) is 24.0. The quantitative estimate of drug-likeness (QED) is 0.551. The molecule has 10 heteroatoms. The number of nitrogens with zero attached hydrogens (tertiary/aromatic N) is 2. The SMILES string of the molecule is CC(C)(C)CS(=O)(=O)c1cccc(NC(=O)c2ccc(N3CCCS3(=O)=O)cc2N2CCC3(CC2)CC3)c1. The van der Waals surface area contributed by atoms with Gasteiger partial charge in [0.15, 0.2) is 9.84 Å². The number of anilines is 3. The number of carbonyl (C=O) groups is 1. The van der Waals surface area contributed by atoms with E-state index in [0.717, 1.165) is 25.9 Å². The van der Waals surface area contributed by atoms with Crippen LogP contribution in [-0.2, 0) is 19.9 Å². The van der Waals surface area contributed by atoms with E-state index in [1.54, 1.807) is 30.3 Å². The summed E-state index contributed by atoms with van der Waals surface area (Å²) >= 11 is 0. The molecular weight excluding hydrogens is 522 g/mol. The van der Waals surface area contributed by atoms with Crippen LogP contribution in [0.3, 0.4) is 0 Å². The normalized spacial score (nSPS) is 20.5. The molecule has 0 unspecified atom stereocenters. The Kier molecular flexibility index (Phi) is 6.79. The van der Waals surface area contributed by atoms with Gasteiger partial charge in [-0.05, 0) is 79.3 Å². The topological polar surface area (TPSA) is 104 Å². The van der Waals surface area contributed by atoms with E-state index < -0.39 is 25.3 Å². The first kappa shape index (κ1) is 27.0. The lowest BCUT2D eigenvalue weighted by Gasteiger charge is -2.35. The molecule has 8 nitrogen and oxygen atoms in total. The van der Waals surface area contributed by atoms with Gasteiger partial charge in [0.25, 0.3) is 5.91 Å². The Morgan fingerprint density at radius 3 is 2.32 bits per heavy atom. The highest BCUT2D eigenvalue weighted by molar-refractivity contribution is 7.93. The molecule has 2 aliphatic heterocycles. The molecule has 206 valence electrons. The minimum Gasteiger partial charge on any atom is -0.371 e. The summed E-state index contributed by atoms with van der Waals surface area (Å²) in [7, 11) is -6.87. The van der Waals surface area contributed by atoms with Crippen LogP contribution < -0.4 is 14.5 Å². The molecule has 1 N–H and O–H groups in total. The van der Waals surface area contributed by atoms with Crippen molar-refractivity contribution < 1.29 is 21.6 Å². The van der Waals surface area contributed by atoms with E-state index in [-0.39, 0.29) is 22.3 Å². The molecule has 38 heavy (non-hydrogen) atoms. The van der Waals surface area contributed by atoms with Crippen molar-refractivity contribution in [3.8, 4) is 0 Å². The maximum atomic E-state index is 13.5. The number of amides is 1. The van der Waals surface area contributed by atoms with Gasteiger partial charge in [-0.25, -0.2) is 16.8 Å². The number of benzene rings is 2. The Bertz CT molecular complexity index is 1450. The molecule has 0 atom stereocenters. The van der Waals surface area contributed by atoms with Crippen molar-refractivity contribution in [3.05, 3.63) is 48.0 Å². The molecule has 5 rings (SSSR count). The molecule has 1 saturated carbocycles. The lowest BCUT2D eigenvalue weighted by Crippen LogP contribution is -2.36. The summed E-state index contributed by atoms with van der Waals surface area (Å²) in [5, 5.41) is 2.88. The summed E-state index contributed by atoms with van der Waals surface area (Å²) in [6, 6.07) is 11.6. The number of hydrogen-bond donors (Lipinski definition) is 1. The third-order valence-electron chi connectivity index (χ3n) is 7.81. The van der Waals surface area contributed by atoms with E-state index in [2.05, 4.69) is 10.2 Å². The van der Waals surface area contributed by atoms with Crippen LogP contribution in [0.2, 0.25) is 0 Å². The minimum absolute atomic E-state index is 0.00112. The summed E-state index contributed by atoms with van der Waals surface area (Å²) in [6.07, 6.45) is 5.23. The van der Waals surface area contributed by atoms with Crippen molar-refractivity contribution in [2.24, 2.45) is 10.8 Å². The van der Waals surface area contributed by atoms with Crippen molar-refractivity contribution >= 4 is 42.8 Å². The number of nitrogens with one attached hydrogen (secondary N) is 1. The third-order valence-corrected chi connectivity index (χ3v) is 11.9. The van der Waals surface area contributed by atoms with Gasteiger partial charge in [0.1, 0.15) is 0 Å². The van der Waals surface area contributed by atoms with Gasteiger partial charge in [0, 0.05) is 25.3 Å². The van der Waals surface area contributed by atoms with Crippen molar-refractivity contribution in [1.82, 2.24) is 0 Å². The Hall–Kier alpha value is -2.59. The summed E-state index contributed by atoms with van der Waals surface area (Å²) in [4.78, 5) is 15.9. The van der Waals surface area contributed by atoms with Gasteiger partial charge in [0.2, 0.25) is 10.0 Å². The number of rotatable bonds is 6. The summed E-state index contributed by atoms with van der Waals surface area (Å²) in [6.45, 7) is 7.70. The summed E-state index contributed by atoms with van der Waals surface area (Å²) in [5.41, 5.74) is 2.20. The fourth-order valence-corrected chi connectivity index (χ4v) is 9.03. The fourth-order valence-electron chi connectivity index (χ4n) is 5.58. The predicted molar refractivity (Wildman–Crippen MR) is 151 cm³/mol. The maximum absolute atomic E-state index is 13.5. The highest BCUT2D eigenvalue weighted by atomic mass is 32.2. The fraction of sp³-hybridized carbons (Fsp3) is 0.536. The van der Waals surface area contributed by atoms with Crippen LogP contribution in [0.1, 0.15) is 63.2 Å². The van der Waals surface area contributed by atoms with Crippen molar-refractivity contribution in [3.63, 3.8) is 0 Å². The monoisotopic (exact) mass is 559 g/mol. The Balaban J connectivity index is 1.44. The molecule has 2 aromatic rings. The van der Waals surface area contributed by atoms with Crippen LogP contribution in [0.15, 0.2) is 47.4 Å². The predicted octanol–water partition coefficient (Wildman–Crippen LogP) is 4.68. The number of piperidine rings is 1. The molecule has 0 radical (unpaired) electrons. The number of carbonyl (C=O) groups excluding carboxylic acids is 1. The molecule has 1 aliphatic carbocycles. The average molecular weight is 560 g/mol. The van der Waals surface area contributed by atoms with E-state index in [1.165, 1.54) is 23.2 Å². The van der Waals surface area contributed by atoms with E-state index in [4.69, 9.17) is 0 Å². The molecule has 2 heterocycles. The largest absolute Gasteiger partial charge is 0.371 e. The lowest BCUT2D eigenvalue weighted by molar-refractivity contribution is 0.102. The van der Waals surface area contributed by atoms with Gasteiger partial charge in [-0.3, -0.25) is 9.10 Å². The minimum atomic E-state index is -3.52. The number of hydrogen-bond acceptors (Lipinski definition) is 6. The van der Waals surface area contributed by atoms with E-state index >= 15 is 0 Å². The van der Waals surface area contributed by atoms with Crippen molar-refractivity contribution in [2.75, 3.05) is 45.7 Å². The number of sulfone groups is 1. The zero-order chi connectivity index (χ0) is 27.3. The van der Waals surface area contributed by atoms with E-state index in [0.29, 0.717) is 41.0 Å². The first-order chi connectivity index (χ1) is 17.8. The van der Waals surface area contributed by atoms with Gasteiger partial charge in [-0.15, -0.1) is 0 Å². The standard InChI is InChI=1S/C28H37N3O5S2/c1-27(2,3)20-37(33,34)23-7-4-6-21(18-23)29-26(32)24-9-8-22(31-14-5-17-38(31,35)36)19-25(24)30-15-12-28(10-11-28)13-16-30/h4,6-9,18-19H,5,10-17,20H2,1-3H3,(H,29,32). The molecule has 1 amide bonds. The highest BCUT2D eigenvalue weighted by Gasteiger charge is 2.44. The summed E-state index contributed by atoms with van der Waals surface area (Å²) in [5.74, 6) is -0.225. The Morgan fingerprint density at radius 2 is 1.71 bits per heavy atom. The van der Waals surface area contributed by atoms with Crippen LogP contribution >= 0.6 is 0 Å². The first-order valence-corrected chi connectivity index (χ1v) is 16.6. The molecule has 1 spiro atoms. The second kappa shape index (κ2) is 9.55. The molecule has 2 aromatic carbocycles. The van der Waals surface area contributed by atoms with E-state index in [1.807, 2.05) is 26.8 Å². The van der Waals surface area contributed by atoms with Gasteiger partial charge >= 0.3 is 0 Å². The third kappa shape index (κ3) is 5.71. The zero-order valence-electron chi connectivity index (χ0n) is 22.4. The number of sulfonamides is 1. The maximum Gasteiger partial charge on any atom is 0.257 e. The van der Waals surface area contributed by atoms with Crippen molar-refractivity contribution in [1.29, 1.82) is 0 Å². The molecule has 0 bridgehead atoms. The van der Waals surface area contributed by atoms with Crippen LogP contribution in [0.4, 0.5) is 17.1 Å². The smallest absolute Gasteiger partial charge is 0.257 e. The lowest BCUT2D eigenvalue weighted by atomic mass is 9.93. The Morgan fingerprint density at radius 1 is 1.00 bits per heavy atom. The molecular formula is C28H37N3O5S2. The summed E-state index contributed by atoms with van der Waals surface area (Å²) < 4.78 is 52.4. The van der Waals surface area contributed by atoms with Crippen molar-refractivity contribution in [2.45, 2.75) is 57.8 Å². The van der Waals surface area contributed by atoms with Crippen LogP contribution in [0.25, 0.3) is 0 Å². The molecule has 2 saturated heterocycles. The highest BCUT2D eigenvalue weighted by Crippen LogP contribution is 2.54. The van der Waals surface area contributed by atoms with Gasteiger partial charge < -0.3 is 10.2 Å². The molecule has 3 fully saturated rings. The van der Waals surface area contributed by atoms with Gasteiger partial charge in [0.05, 0.1) is 33.3 Å². The van der Waals surface area contributed by atoms with Crippen LogP contribution in [0, 0.1) is 10.8 Å². The van der Waals surface area contributed by atoms with Crippen LogP contribution in [0.5, 0.6) is 0 Å². The second-order valence-electron chi connectivity index (χ2n) is 12.2. The van der Waals surface area contributed by atoms with E-state index in [9.17, 15) is 21.6 Å². The Labute approximate surface area is 226 Å². The van der Waals surface area contributed by atoms with Crippen LogP contribution in [-0.4, -0.2) is 53.9 Å². The molecule has 0 aromatic heterocycles. The average Bonchev–Trinajstić information content (AvgIpc) is 3.49. The van der Waals surface area contributed by atoms with Gasteiger partial charge in [-0.1, -0.05) is 26.8 Å².